The number of aromatic amines is 2. The van der Waals surface area contributed by atoms with Gasteiger partial charge in [-0.3, -0.25) is 9.59 Å². The van der Waals surface area contributed by atoms with Crippen LogP contribution in [0.5, 0.6) is 5.75 Å². The highest BCUT2D eigenvalue weighted by molar-refractivity contribution is 6.12. The summed E-state index contributed by atoms with van der Waals surface area (Å²) >= 11 is 0. The second-order valence-corrected chi connectivity index (χ2v) is 6.51. The van der Waals surface area contributed by atoms with E-state index in [0.29, 0.717) is 34.5 Å². The lowest BCUT2D eigenvalue weighted by Crippen LogP contribution is -2.15. The van der Waals surface area contributed by atoms with Gasteiger partial charge in [0, 0.05) is 18.1 Å². The van der Waals surface area contributed by atoms with Crippen LogP contribution in [0.3, 0.4) is 0 Å². The fourth-order valence-corrected chi connectivity index (χ4v) is 3.04. The molecule has 2 aromatic carbocycles. The van der Waals surface area contributed by atoms with Crippen LogP contribution in [-0.4, -0.2) is 15.9 Å². The first kappa shape index (κ1) is 17.6. The second kappa shape index (κ2) is 7.44. The van der Waals surface area contributed by atoms with E-state index in [0.717, 1.165) is 11.1 Å². The molecule has 6 heteroatoms. The first-order valence-electron chi connectivity index (χ1n) is 8.89. The lowest BCUT2D eigenvalue weighted by Gasteiger charge is -2.08. The van der Waals surface area contributed by atoms with Gasteiger partial charge in [-0.25, -0.2) is 0 Å². The zero-order chi connectivity index (χ0) is 19.5. The number of anilines is 1. The maximum atomic E-state index is 12.6. The number of H-pyrrole nitrogens is 2. The number of nitrogens with one attached hydrogen (secondary N) is 3. The van der Waals surface area contributed by atoms with E-state index in [2.05, 4.69) is 15.3 Å². The van der Waals surface area contributed by atoms with Crippen LogP contribution in [0, 0.1) is 6.92 Å². The highest BCUT2D eigenvalue weighted by Gasteiger charge is 2.16. The van der Waals surface area contributed by atoms with Crippen molar-refractivity contribution in [3.8, 4) is 5.75 Å². The van der Waals surface area contributed by atoms with Crippen LogP contribution in [0.15, 0.2) is 71.8 Å². The Hall–Kier alpha value is -3.80. The van der Waals surface area contributed by atoms with E-state index >= 15 is 0 Å². The van der Waals surface area contributed by atoms with Crippen molar-refractivity contribution in [2.75, 3.05) is 5.32 Å². The van der Waals surface area contributed by atoms with Crippen LogP contribution in [0.2, 0.25) is 0 Å². The summed E-state index contributed by atoms with van der Waals surface area (Å²) in [5, 5.41) is 3.18. The van der Waals surface area contributed by atoms with Crippen molar-refractivity contribution >= 4 is 22.5 Å². The molecule has 0 aliphatic heterocycles. The fourth-order valence-electron chi connectivity index (χ4n) is 3.04. The standard InChI is InChI=1S/C22H19N3O3/c1-14-11-24-22(27)19-18(12-23-20(14)19)21(26)25-16-7-9-17(10-8-16)28-13-15-5-3-2-4-6-15/h2-12,23H,13H2,1H3,(H,24,27)(H,25,26). The summed E-state index contributed by atoms with van der Waals surface area (Å²) in [5.74, 6) is 0.362. The Labute approximate surface area is 161 Å². The van der Waals surface area contributed by atoms with Crippen molar-refractivity contribution in [3.63, 3.8) is 0 Å². The number of aryl methyl sites for hydroxylation is 1. The second-order valence-electron chi connectivity index (χ2n) is 6.51. The highest BCUT2D eigenvalue weighted by Crippen LogP contribution is 2.20. The molecule has 0 unspecified atom stereocenters. The molecule has 4 rings (SSSR count). The number of rotatable bonds is 5. The molecule has 4 aromatic rings. The third-order valence-electron chi connectivity index (χ3n) is 4.53. The van der Waals surface area contributed by atoms with E-state index in [1.54, 1.807) is 36.7 Å². The third kappa shape index (κ3) is 3.53. The van der Waals surface area contributed by atoms with Crippen LogP contribution in [0.4, 0.5) is 5.69 Å². The van der Waals surface area contributed by atoms with Gasteiger partial charge in [0.1, 0.15) is 12.4 Å². The molecule has 2 aromatic heterocycles. The van der Waals surface area contributed by atoms with Gasteiger partial charge in [0.25, 0.3) is 11.5 Å². The van der Waals surface area contributed by atoms with Crippen molar-refractivity contribution in [1.82, 2.24) is 9.97 Å². The average molecular weight is 373 g/mol. The van der Waals surface area contributed by atoms with Gasteiger partial charge >= 0.3 is 0 Å². The fraction of sp³-hybridized carbons (Fsp3) is 0.0909. The zero-order valence-corrected chi connectivity index (χ0v) is 15.3. The van der Waals surface area contributed by atoms with Crippen LogP contribution in [0.25, 0.3) is 10.9 Å². The minimum atomic E-state index is -0.347. The molecule has 0 aliphatic carbocycles. The van der Waals surface area contributed by atoms with Gasteiger partial charge in [-0.15, -0.1) is 0 Å². The molecule has 1 amide bonds. The maximum Gasteiger partial charge on any atom is 0.258 e. The summed E-state index contributed by atoms with van der Waals surface area (Å²) in [4.78, 5) is 30.4. The van der Waals surface area contributed by atoms with E-state index in [1.165, 1.54) is 0 Å². The molecule has 0 spiro atoms. The Morgan fingerprint density at radius 1 is 1.00 bits per heavy atom. The molecule has 6 nitrogen and oxygen atoms in total. The van der Waals surface area contributed by atoms with Gasteiger partial charge in [0.15, 0.2) is 0 Å². The van der Waals surface area contributed by atoms with Gasteiger partial charge in [-0.05, 0) is 42.3 Å². The van der Waals surface area contributed by atoms with Gasteiger partial charge < -0.3 is 20.0 Å². The predicted molar refractivity (Wildman–Crippen MR) is 109 cm³/mol. The molecule has 140 valence electrons. The third-order valence-corrected chi connectivity index (χ3v) is 4.53. The Morgan fingerprint density at radius 2 is 1.75 bits per heavy atom. The molecule has 0 saturated heterocycles. The van der Waals surface area contributed by atoms with Crippen LogP contribution < -0.4 is 15.6 Å². The van der Waals surface area contributed by atoms with Crippen molar-refractivity contribution in [3.05, 3.63) is 94.0 Å². The normalized spacial score (nSPS) is 10.8. The van der Waals surface area contributed by atoms with Crippen molar-refractivity contribution in [2.24, 2.45) is 0 Å². The number of carbonyl (C=O) groups is 1. The summed E-state index contributed by atoms with van der Waals surface area (Å²) in [6.45, 7) is 2.34. The minimum absolute atomic E-state index is 0.295. The van der Waals surface area contributed by atoms with E-state index in [-0.39, 0.29) is 11.5 Å². The van der Waals surface area contributed by atoms with Gasteiger partial charge in [0.2, 0.25) is 0 Å². The Bertz CT molecular complexity index is 1180. The molecule has 0 aliphatic rings. The van der Waals surface area contributed by atoms with Gasteiger partial charge in [-0.1, -0.05) is 30.3 Å². The zero-order valence-electron chi connectivity index (χ0n) is 15.3. The van der Waals surface area contributed by atoms with Crippen molar-refractivity contribution < 1.29 is 9.53 Å². The number of amides is 1. The largest absolute Gasteiger partial charge is 0.489 e. The molecule has 0 atom stereocenters. The monoisotopic (exact) mass is 373 g/mol. The Morgan fingerprint density at radius 3 is 2.50 bits per heavy atom. The minimum Gasteiger partial charge on any atom is -0.489 e. The number of ether oxygens (including phenoxy) is 1. The number of aromatic nitrogens is 2. The Balaban J connectivity index is 1.47. The van der Waals surface area contributed by atoms with Crippen LogP contribution >= 0.6 is 0 Å². The number of fused-ring (bicyclic) bond motifs is 1. The Kier molecular flexibility index (Phi) is 4.68. The average Bonchev–Trinajstić information content (AvgIpc) is 3.18. The molecular weight excluding hydrogens is 354 g/mol. The summed E-state index contributed by atoms with van der Waals surface area (Å²) in [5.41, 5.74) is 3.25. The number of pyridine rings is 1. The number of hydrogen-bond acceptors (Lipinski definition) is 3. The first-order chi connectivity index (χ1) is 13.6. The summed E-state index contributed by atoms with van der Waals surface area (Å²) in [6.07, 6.45) is 3.18. The number of benzene rings is 2. The lowest BCUT2D eigenvalue weighted by molar-refractivity contribution is 0.102. The molecule has 2 heterocycles. The lowest BCUT2D eigenvalue weighted by atomic mass is 10.1. The smallest absolute Gasteiger partial charge is 0.258 e. The summed E-state index contributed by atoms with van der Waals surface area (Å²) < 4.78 is 5.75. The van der Waals surface area contributed by atoms with E-state index in [4.69, 9.17) is 4.74 Å². The number of hydrogen-bond donors (Lipinski definition) is 3. The van der Waals surface area contributed by atoms with Gasteiger partial charge in [-0.2, -0.15) is 0 Å². The molecule has 0 radical (unpaired) electrons. The van der Waals surface area contributed by atoms with Crippen LogP contribution in [-0.2, 0) is 6.61 Å². The van der Waals surface area contributed by atoms with Crippen LogP contribution in [0.1, 0.15) is 21.5 Å². The molecule has 0 saturated carbocycles. The van der Waals surface area contributed by atoms with Gasteiger partial charge in [0.05, 0.1) is 16.5 Å². The molecular formula is C22H19N3O3. The quantitative estimate of drug-likeness (QED) is 0.494. The summed E-state index contributed by atoms with van der Waals surface area (Å²) in [7, 11) is 0. The molecule has 0 fully saturated rings. The first-order valence-corrected chi connectivity index (χ1v) is 8.89. The van der Waals surface area contributed by atoms with E-state index in [9.17, 15) is 9.59 Å². The highest BCUT2D eigenvalue weighted by atomic mass is 16.5. The van der Waals surface area contributed by atoms with E-state index in [1.807, 2.05) is 37.3 Å². The molecule has 0 bridgehead atoms. The maximum absolute atomic E-state index is 12.6. The SMILES string of the molecule is Cc1c[nH]c(=O)c2c(C(=O)Nc3ccc(OCc4ccccc4)cc3)c[nH]c12. The van der Waals surface area contributed by atoms with Crippen molar-refractivity contribution in [2.45, 2.75) is 13.5 Å². The predicted octanol–water partition coefficient (Wildman–Crippen LogP) is 4.00. The topological polar surface area (TPSA) is 87.0 Å². The summed E-state index contributed by atoms with van der Waals surface area (Å²) in [6, 6.07) is 17.0. The molecule has 3 N–H and O–H groups in total. The van der Waals surface area contributed by atoms with Crippen molar-refractivity contribution in [1.29, 1.82) is 0 Å². The van der Waals surface area contributed by atoms with E-state index < -0.39 is 0 Å². The number of carbonyl (C=O) groups excluding carboxylic acids is 1. The molecule has 28 heavy (non-hydrogen) atoms.